The summed E-state index contributed by atoms with van der Waals surface area (Å²) in [6, 6.07) is 15.7. The predicted molar refractivity (Wildman–Crippen MR) is 162 cm³/mol. The van der Waals surface area contributed by atoms with Crippen molar-refractivity contribution in [1.82, 2.24) is 10.2 Å². The van der Waals surface area contributed by atoms with E-state index < -0.39 is 28.5 Å². The number of hydrogen-bond donors (Lipinski definition) is 1. The van der Waals surface area contributed by atoms with Gasteiger partial charge in [-0.15, -0.1) is 0 Å². The highest BCUT2D eigenvalue weighted by Gasteiger charge is 2.33. The van der Waals surface area contributed by atoms with Crippen molar-refractivity contribution >= 4 is 73.9 Å². The molecule has 2 atom stereocenters. The summed E-state index contributed by atoms with van der Waals surface area (Å²) in [6.07, 6.45) is 0.690. The predicted octanol–water partition coefficient (Wildman–Crippen LogP) is 6.83. The number of halogens is 4. The minimum atomic E-state index is -4.23. The van der Waals surface area contributed by atoms with Crippen LogP contribution >= 0.6 is 46.4 Å². The van der Waals surface area contributed by atoms with Crippen LogP contribution in [0.4, 0.5) is 5.69 Å². The number of rotatable bonds is 11. The Balaban J connectivity index is 2.06. The van der Waals surface area contributed by atoms with Gasteiger partial charge in [0.1, 0.15) is 12.6 Å². The fourth-order valence-electron chi connectivity index (χ4n) is 3.77. The SMILES string of the molecule is CC[C@H](C)NC(=O)[C@@H](C)N(Cc1ccc(Cl)cc1Cl)C(=O)CN(c1ccc(Cl)c(Cl)c1)S(=O)(=O)c1ccccc1. The van der Waals surface area contributed by atoms with Gasteiger partial charge in [0.15, 0.2) is 0 Å². The molecule has 0 unspecified atom stereocenters. The Bertz CT molecular complexity index is 1470. The summed E-state index contributed by atoms with van der Waals surface area (Å²) < 4.78 is 28.5. The average molecular weight is 645 g/mol. The van der Waals surface area contributed by atoms with Gasteiger partial charge in [-0.05, 0) is 68.3 Å². The van der Waals surface area contributed by atoms with Crippen molar-refractivity contribution in [1.29, 1.82) is 0 Å². The molecule has 12 heteroatoms. The number of nitrogens with zero attached hydrogens (tertiary/aromatic N) is 2. The molecule has 0 radical (unpaired) electrons. The molecule has 0 bridgehead atoms. The van der Waals surface area contributed by atoms with E-state index in [-0.39, 0.29) is 39.1 Å². The maximum Gasteiger partial charge on any atom is 0.264 e. The summed E-state index contributed by atoms with van der Waals surface area (Å²) in [5.74, 6) is -1.02. The minimum absolute atomic E-state index is 0.0243. The highest BCUT2D eigenvalue weighted by atomic mass is 35.5. The highest BCUT2D eigenvalue weighted by Crippen LogP contribution is 2.31. The molecule has 0 aromatic heterocycles. The van der Waals surface area contributed by atoms with Crippen molar-refractivity contribution in [2.75, 3.05) is 10.8 Å². The second kappa shape index (κ2) is 13.9. The monoisotopic (exact) mass is 643 g/mol. The molecular weight excluding hydrogens is 616 g/mol. The first-order valence-electron chi connectivity index (χ1n) is 12.4. The van der Waals surface area contributed by atoms with E-state index in [0.717, 1.165) is 4.31 Å². The molecular formula is C28H29Cl4N3O4S. The Morgan fingerprint density at radius 1 is 0.875 bits per heavy atom. The van der Waals surface area contributed by atoms with Gasteiger partial charge in [-0.25, -0.2) is 8.42 Å². The van der Waals surface area contributed by atoms with Gasteiger partial charge in [0, 0.05) is 22.6 Å². The van der Waals surface area contributed by atoms with E-state index in [2.05, 4.69) is 5.32 Å². The zero-order chi connectivity index (χ0) is 29.6. The van der Waals surface area contributed by atoms with Crippen molar-refractivity contribution in [2.24, 2.45) is 0 Å². The average Bonchev–Trinajstić information content (AvgIpc) is 2.92. The van der Waals surface area contributed by atoms with Crippen molar-refractivity contribution in [2.45, 2.75) is 50.7 Å². The van der Waals surface area contributed by atoms with Crippen molar-refractivity contribution in [3.05, 3.63) is 92.4 Å². The molecule has 0 heterocycles. The Kier molecular flexibility index (Phi) is 11.1. The zero-order valence-electron chi connectivity index (χ0n) is 22.1. The summed E-state index contributed by atoms with van der Waals surface area (Å²) in [7, 11) is -4.23. The van der Waals surface area contributed by atoms with Crippen LogP contribution in [-0.2, 0) is 26.2 Å². The van der Waals surface area contributed by atoms with E-state index >= 15 is 0 Å². The summed E-state index contributed by atoms with van der Waals surface area (Å²) in [5, 5.41) is 3.93. The molecule has 0 saturated heterocycles. The second-order valence-electron chi connectivity index (χ2n) is 9.17. The Hall–Kier alpha value is -2.49. The fourth-order valence-corrected chi connectivity index (χ4v) is 5.96. The molecule has 0 aliphatic carbocycles. The van der Waals surface area contributed by atoms with Crippen LogP contribution in [0.2, 0.25) is 20.1 Å². The number of carbonyl (C=O) groups excluding carboxylic acids is 2. The Labute approximate surface area is 255 Å². The number of carbonyl (C=O) groups is 2. The number of benzene rings is 3. The van der Waals surface area contributed by atoms with Gasteiger partial charge in [-0.3, -0.25) is 13.9 Å². The third kappa shape index (κ3) is 7.83. The topological polar surface area (TPSA) is 86.8 Å². The number of amides is 2. The van der Waals surface area contributed by atoms with Crippen LogP contribution in [0, 0.1) is 0 Å². The Morgan fingerprint density at radius 3 is 2.15 bits per heavy atom. The molecule has 3 rings (SSSR count). The first kappa shape index (κ1) is 32.0. The van der Waals surface area contributed by atoms with Crippen molar-refractivity contribution in [3.8, 4) is 0 Å². The maximum atomic E-state index is 14.0. The fraction of sp³-hybridized carbons (Fsp3) is 0.286. The molecule has 0 aliphatic rings. The van der Waals surface area contributed by atoms with E-state index in [1.165, 1.54) is 41.3 Å². The largest absolute Gasteiger partial charge is 0.352 e. The lowest BCUT2D eigenvalue weighted by Crippen LogP contribution is -2.52. The number of sulfonamides is 1. The quantitative estimate of drug-likeness (QED) is 0.248. The molecule has 0 saturated carbocycles. The normalized spacial score (nSPS) is 12.9. The van der Waals surface area contributed by atoms with Crippen LogP contribution in [-0.4, -0.2) is 43.8 Å². The summed E-state index contributed by atoms with van der Waals surface area (Å²) in [5.41, 5.74) is 0.669. The van der Waals surface area contributed by atoms with E-state index in [9.17, 15) is 18.0 Å². The van der Waals surface area contributed by atoms with Crippen LogP contribution in [0.15, 0.2) is 71.6 Å². The molecule has 0 spiro atoms. The van der Waals surface area contributed by atoms with E-state index in [1.54, 1.807) is 37.3 Å². The van der Waals surface area contributed by atoms with Gasteiger partial charge in [0.25, 0.3) is 10.0 Å². The number of anilines is 1. The first-order valence-corrected chi connectivity index (χ1v) is 15.4. The van der Waals surface area contributed by atoms with Gasteiger partial charge < -0.3 is 10.2 Å². The third-order valence-electron chi connectivity index (χ3n) is 6.33. The zero-order valence-corrected chi connectivity index (χ0v) is 25.9. The van der Waals surface area contributed by atoms with Crippen LogP contribution in [0.3, 0.4) is 0 Å². The lowest BCUT2D eigenvalue weighted by molar-refractivity contribution is -0.139. The second-order valence-corrected chi connectivity index (χ2v) is 12.7. The standard InChI is InChI=1S/C28H29Cl4N3O4S/c1-4-18(2)33-28(37)19(3)34(16-20-10-11-21(29)14-25(20)31)27(36)17-35(22-12-13-24(30)26(32)15-22)40(38,39)23-8-6-5-7-9-23/h5-15,18-19H,4,16-17H2,1-3H3,(H,33,37)/t18-,19+/m0/s1. The van der Waals surface area contributed by atoms with Gasteiger partial charge >= 0.3 is 0 Å². The van der Waals surface area contributed by atoms with E-state index in [0.29, 0.717) is 22.0 Å². The molecule has 214 valence electrons. The van der Waals surface area contributed by atoms with Gasteiger partial charge in [0.2, 0.25) is 11.8 Å². The number of nitrogens with one attached hydrogen (secondary N) is 1. The van der Waals surface area contributed by atoms with Gasteiger partial charge in [-0.1, -0.05) is 77.6 Å². The first-order chi connectivity index (χ1) is 18.8. The van der Waals surface area contributed by atoms with E-state index in [1.807, 2.05) is 13.8 Å². The molecule has 7 nitrogen and oxygen atoms in total. The molecule has 1 N–H and O–H groups in total. The van der Waals surface area contributed by atoms with Crippen molar-refractivity contribution in [3.63, 3.8) is 0 Å². The summed E-state index contributed by atoms with van der Waals surface area (Å²) >= 11 is 24.7. The van der Waals surface area contributed by atoms with Gasteiger partial charge in [0.05, 0.1) is 20.6 Å². The van der Waals surface area contributed by atoms with Crippen LogP contribution < -0.4 is 9.62 Å². The van der Waals surface area contributed by atoms with Crippen LogP contribution in [0.25, 0.3) is 0 Å². The van der Waals surface area contributed by atoms with Crippen molar-refractivity contribution < 1.29 is 18.0 Å². The lowest BCUT2D eigenvalue weighted by Gasteiger charge is -2.32. The lowest BCUT2D eigenvalue weighted by atomic mass is 10.1. The third-order valence-corrected chi connectivity index (χ3v) is 9.44. The smallest absolute Gasteiger partial charge is 0.264 e. The molecule has 2 amide bonds. The van der Waals surface area contributed by atoms with Gasteiger partial charge in [-0.2, -0.15) is 0 Å². The molecule has 0 aliphatic heterocycles. The van der Waals surface area contributed by atoms with Crippen LogP contribution in [0.1, 0.15) is 32.8 Å². The minimum Gasteiger partial charge on any atom is -0.352 e. The summed E-state index contributed by atoms with van der Waals surface area (Å²) in [6.45, 7) is 4.67. The van der Waals surface area contributed by atoms with Crippen LogP contribution in [0.5, 0.6) is 0 Å². The molecule has 40 heavy (non-hydrogen) atoms. The highest BCUT2D eigenvalue weighted by molar-refractivity contribution is 7.92. The van der Waals surface area contributed by atoms with E-state index in [4.69, 9.17) is 46.4 Å². The molecule has 3 aromatic rings. The molecule has 3 aromatic carbocycles. The molecule has 0 fully saturated rings. The maximum absolute atomic E-state index is 14.0. The Morgan fingerprint density at radius 2 is 1.55 bits per heavy atom. The summed E-state index contributed by atoms with van der Waals surface area (Å²) in [4.78, 5) is 28.3. The number of hydrogen-bond acceptors (Lipinski definition) is 4.